The van der Waals surface area contributed by atoms with E-state index in [1.54, 1.807) is 30.3 Å². The summed E-state index contributed by atoms with van der Waals surface area (Å²) in [5, 5.41) is 8.79. The second-order valence-electron chi connectivity index (χ2n) is 8.17. The van der Waals surface area contributed by atoms with Gasteiger partial charge in [0.1, 0.15) is 5.82 Å². The molecule has 0 amide bonds. The summed E-state index contributed by atoms with van der Waals surface area (Å²) in [5.41, 5.74) is 1.37. The van der Waals surface area contributed by atoms with Gasteiger partial charge in [0, 0.05) is 0 Å². The van der Waals surface area contributed by atoms with Crippen LogP contribution >= 0.6 is 0 Å². The Bertz CT molecular complexity index is 865. The summed E-state index contributed by atoms with van der Waals surface area (Å²) in [6.45, 7) is 1.94. The van der Waals surface area contributed by atoms with Crippen molar-refractivity contribution in [2.24, 2.45) is 5.92 Å². The van der Waals surface area contributed by atoms with E-state index in [-0.39, 0.29) is 18.9 Å². The summed E-state index contributed by atoms with van der Waals surface area (Å²) in [5.74, 6) is 0.0725. The van der Waals surface area contributed by atoms with Gasteiger partial charge in [-0.15, -0.1) is 0 Å². The van der Waals surface area contributed by atoms with E-state index in [1.807, 2.05) is 6.07 Å². The third kappa shape index (κ3) is 5.64. The summed E-state index contributed by atoms with van der Waals surface area (Å²) in [4.78, 5) is 0. The van der Waals surface area contributed by atoms with Gasteiger partial charge in [0.25, 0.3) is 0 Å². The van der Waals surface area contributed by atoms with Gasteiger partial charge in [-0.3, -0.25) is 0 Å². The lowest BCUT2D eigenvalue weighted by atomic mass is 9.77. The molecule has 0 bridgehead atoms. The zero-order valence-electron chi connectivity index (χ0n) is 17.3. The summed E-state index contributed by atoms with van der Waals surface area (Å²) in [6, 6.07) is 12.7. The molecule has 0 radical (unpaired) electrons. The number of rotatable bonds is 8. The van der Waals surface area contributed by atoms with Gasteiger partial charge in [-0.2, -0.15) is 14.0 Å². The molecule has 5 heteroatoms. The minimum Gasteiger partial charge on any atom is -0.316 e. The molecule has 0 spiro atoms. The molecule has 0 unspecified atom stereocenters. The van der Waals surface area contributed by atoms with Crippen LogP contribution < -0.4 is 0 Å². The van der Waals surface area contributed by atoms with Crippen LogP contribution in [-0.4, -0.2) is 6.61 Å². The number of nitrogens with zero attached hydrogens (tertiary/aromatic N) is 1. The molecule has 0 heterocycles. The van der Waals surface area contributed by atoms with Crippen molar-refractivity contribution in [1.82, 2.24) is 0 Å². The summed E-state index contributed by atoms with van der Waals surface area (Å²) >= 11 is 0. The monoisotopic (exact) mass is 415 g/mol. The van der Waals surface area contributed by atoms with E-state index in [0.29, 0.717) is 5.56 Å². The molecule has 0 aliphatic heterocycles. The number of alkyl halides is 2. The number of hydrogen-bond acceptors (Lipinski definition) is 2. The second kappa shape index (κ2) is 10.1. The van der Waals surface area contributed by atoms with Crippen molar-refractivity contribution in [3.8, 4) is 6.07 Å². The van der Waals surface area contributed by atoms with Crippen LogP contribution in [0.25, 0.3) is 0 Å². The predicted molar refractivity (Wildman–Crippen MR) is 111 cm³/mol. The van der Waals surface area contributed by atoms with Crippen molar-refractivity contribution in [1.29, 1.82) is 5.26 Å². The van der Waals surface area contributed by atoms with Crippen LogP contribution in [0.4, 0.5) is 13.2 Å². The quantitative estimate of drug-likeness (QED) is 0.461. The van der Waals surface area contributed by atoms with Crippen LogP contribution in [0.5, 0.6) is 0 Å². The number of ether oxygens (including phenoxy) is 1. The summed E-state index contributed by atoms with van der Waals surface area (Å²) in [6.07, 6.45) is 3.19. The van der Waals surface area contributed by atoms with E-state index in [0.717, 1.165) is 42.7 Å². The highest BCUT2D eigenvalue weighted by molar-refractivity contribution is 5.32. The highest BCUT2D eigenvalue weighted by atomic mass is 19.3. The molecule has 1 fully saturated rings. The first-order valence-electron chi connectivity index (χ1n) is 10.7. The van der Waals surface area contributed by atoms with Crippen molar-refractivity contribution >= 4 is 0 Å². The van der Waals surface area contributed by atoms with Gasteiger partial charge in [0.05, 0.1) is 23.8 Å². The van der Waals surface area contributed by atoms with Gasteiger partial charge in [-0.05, 0) is 79.3 Å². The van der Waals surface area contributed by atoms with Crippen molar-refractivity contribution in [3.05, 3.63) is 70.5 Å². The van der Waals surface area contributed by atoms with Gasteiger partial charge in [-0.25, -0.2) is 4.39 Å². The van der Waals surface area contributed by atoms with Crippen LogP contribution in [0.3, 0.4) is 0 Å². The first kappa shape index (κ1) is 22.4. The molecule has 2 nitrogen and oxygen atoms in total. The van der Waals surface area contributed by atoms with E-state index < -0.39 is 17.5 Å². The van der Waals surface area contributed by atoms with Gasteiger partial charge in [0.15, 0.2) is 0 Å². The molecular formula is C25H28F3NO. The average Bonchev–Trinajstić information content (AvgIpc) is 2.74. The minimum atomic E-state index is -3.69. The predicted octanol–water partition coefficient (Wildman–Crippen LogP) is 7.08. The Hall–Kier alpha value is -2.32. The maximum Gasteiger partial charge on any atom is 0.386 e. The number of nitriles is 1. The molecule has 2 aromatic rings. The molecule has 160 valence electrons. The molecule has 2 aromatic carbocycles. The lowest BCUT2D eigenvalue weighted by molar-refractivity contribution is -0.249. The maximum atomic E-state index is 14.5. The Morgan fingerprint density at radius 2 is 1.77 bits per heavy atom. The normalized spacial score (nSPS) is 19.4. The number of halogens is 3. The van der Waals surface area contributed by atoms with Crippen molar-refractivity contribution in [2.75, 3.05) is 6.61 Å². The lowest BCUT2D eigenvalue weighted by Crippen LogP contribution is -2.22. The Morgan fingerprint density at radius 3 is 2.37 bits per heavy atom. The Kier molecular flexibility index (Phi) is 7.55. The zero-order valence-corrected chi connectivity index (χ0v) is 17.3. The van der Waals surface area contributed by atoms with Crippen molar-refractivity contribution in [3.63, 3.8) is 0 Å². The minimum absolute atomic E-state index is 0.243. The fourth-order valence-electron chi connectivity index (χ4n) is 4.33. The SMILES string of the molecule is CCC[C@H]1CC[C@H](c2ccc(C(F)(F)OCCc3ccc(C#N)cc3)c(F)c2)CC1. The van der Waals surface area contributed by atoms with Crippen LogP contribution in [0.15, 0.2) is 42.5 Å². The molecule has 30 heavy (non-hydrogen) atoms. The van der Waals surface area contributed by atoms with Gasteiger partial charge >= 0.3 is 6.11 Å². The smallest absolute Gasteiger partial charge is 0.316 e. The topological polar surface area (TPSA) is 33.0 Å². The molecule has 3 rings (SSSR count). The fourth-order valence-corrected chi connectivity index (χ4v) is 4.33. The number of hydrogen-bond donors (Lipinski definition) is 0. The Morgan fingerprint density at radius 1 is 1.07 bits per heavy atom. The van der Waals surface area contributed by atoms with E-state index in [9.17, 15) is 13.2 Å². The third-order valence-electron chi connectivity index (χ3n) is 6.08. The highest BCUT2D eigenvalue weighted by Gasteiger charge is 2.36. The largest absolute Gasteiger partial charge is 0.386 e. The van der Waals surface area contributed by atoms with E-state index in [2.05, 4.69) is 6.92 Å². The van der Waals surface area contributed by atoms with Gasteiger partial charge < -0.3 is 4.74 Å². The molecule has 1 aliphatic carbocycles. The third-order valence-corrected chi connectivity index (χ3v) is 6.08. The van der Waals surface area contributed by atoms with Crippen LogP contribution in [0.2, 0.25) is 0 Å². The highest BCUT2D eigenvalue weighted by Crippen LogP contribution is 2.39. The van der Waals surface area contributed by atoms with Crippen molar-refractivity contribution < 1.29 is 17.9 Å². The molecule has 0 N–H and O–H groups in total. The summed E-state index contributed by atoms with van der Waals surface area (Å²) < 4.78 is 48.2. The van der Waals surface area contributed by atoms with Crippen LogP contribution in [0.1, 0.15) is 73.6 Å². The zero-order chi connectivity index (χ0) is 21.6. The summed E-state index contributed by atoms with van der Waals surface area (Å²) in [7, 11) is 0. The van der Waals surface area contributed by atoms with Gasteiger partial charge in [0.2, 0.25) is 0 Å². The molecule has 0 atom stereocenters. The van der Waals surface area contributed by atoms with E-state index in [1.165, 1.54) is 25.0 Å². The lowest BCUT2D eigenvalue weighted by Gasteiger charge is -2.29. The molecule has 0 saturated heterocycles. The maximum absolute atomic E-state index is 14.5. The first-order valence-corrected chi connectivity index (χ1v) is 10.7. The Labute approximate surface area is 176 Å². The molecule has 1 aliphatic rings. The standard InChI is InChI=1S/C25H28F3NO/c1-2-3-18-8-10-21(11-9-18)22-12-13-23(24(26)16-22)25(27,28)30-15-14-19-4-6-20(17-29)7-5-19/h4-7,12-13,16,18,21H,2-3,8-11,14-15H2,1H3/t18-,21-. The van der Waals surface area contributed by atoms with E-state index >= 15 is 0 Å². The average molecular weight is 415 g/mol. The second-order valence-corrected chi connectivity index (χ2v) is 8.17. The molecule has 0 aromatic heterocycles. The molecule has 1 saturated carbocycles. The first-order chi connectivity index (χ1) is 14.4. The fraction of sp³-hybridized carbons (Fsp3) is 0.480. The van der Waals surface area contributed by atoms with E-state index in [4.69, 9.17) is 10.00 Å². The number of benzene rings is 2. The Balaban J connectivity index is 1.58. The van der Waals surface area contributed by atoms with Gasteiger partial charge in [-0.1, -0.05) is 38.0 Å². The van der Waals surface area contributed by atoms with Crippen LogP contribution in [0, 0.1) is 23.1 Å². The molecular weight excluding hydrogens is 387 g/mol. The van der Waals surface area contributed by atoms with Crippen LogP contribution in [-0.2, 0) is 17.3 Å². The van der Waals surface area contributed by atoms with Crippen molar-refractivity contribution in [2.45, 2.75) is 63.9 Å².